The second kappa shape index (κ2) is 6.34. The Bertz CT molecular complexity index is 416. The van der Waals surface area contributed by atoms with Crippen LogP contribution in [-0.2, 0) is 4.79 Å². The van der Waals surface area contributed by atoms with Crippen molar-refractivity contribution in [2.24, 2.45) is 5.73 Å². The minimum absolute atomic E-state index is 0.0610. The number of nitrogens with one attached hydrogen (secondary N) is 1. The highest BCUT2D eigenvalue weighted by Gasteiger charge is 2.30. The summed E-state index contributed by atoms with van der Waals surface area (Å²) < 4.78 is 0.994. The summed E-state index contributed by atoms with van der Waals surface area (Å²) in [5.41, 5.74) is 6.37. The molecule has 4 heteroatoms. The predicted octanol–water partition coefficient (Wildman–Crippen LogP) is 3.14. The third kappa shape index (κ3) is 3.33. The lowest BCUT2D eigenvalue weighted by Crippen LogP contribution is -2.53. The molecule has 0 fully saturated rings. The van der Waals surface area contributed by atoms with Gasteiger partial charge in [-0.05, 0) is 31.4 Å². The van der Waals surface area contributed by atoms with Crippen molar-refractivity contribution in [3.8, 4) is 0 Å². The minimum Gasteiger partial charge on any atom is -0.348 e. The molecule has 0 radical (unpaired) electrons. The van der Waals surface area contributed by atoms with E-state index in [4.69, 9.17) is 5.73 Å². The van der Waals surface area contributed by atoms with Gasteiger partial charge in [0.25, 0.3) is 0 Å². The number of hydrogen-bond acceptors (Lipinski definition) is 2. The Kier molecular flexibility index (Phi) is 5.35. The molecule has 0 saturated carbocycles. The second-order valence-electron chi connectivity index (χ2n) is 4.58. The first-order valence-corrected chi connectivity index (χ1v) is 7.08. The van der Waals surface area contributed by atoms with E-state index in [1.807, 2.05) is 45.0 Å². The van der Waals surface area contributed by atoms with Gasteiger partial charge in [-0.15, -0.1) is 0 Å². The van der Waals surface area contributed by atoms with Crippen molar-refractivity contribution in [1.82, 2.24) is 5.32 Å². The van der Waals surface area contributed by atoms with E-state index >= 15 is 0 Å². The maximum Gasteiger partial charge on any atom is 0.240 e. The second-order valence-corrected chi connectivity index (χ2v) is 5.43. The van der Waals surface area contributed by atoms with Crippen molar-refractivity contribution in [3.63, 3.8) is 0 Å². The van der Waals surface area contributed by atoms with E-state index in [9.17, 15) is 4.79 Å². The highest BCUT2D eigenvalue weighted by Crippen LogP contribution is 2.23. The Labute approximate surface area is 117 Å². The highest BCUT2D eigenvalue weighted by molar-refractivity contribution is 9.10. The van der Waals surface area contributed by atoms with Crippen molar-refractivity contribution in [1.29, 1.82) is 0 Å². The lowest BCUT2D eigenvalue weighted by Gasteiger charge is -2.27. The monoisotopic (exact) mass is 312 g/mol. The molecule has 100 valence electrons. The summed E-state index contributed by atoms with van der Waals surface area (Å²) in [6.45, 7) is 5.84. The lowest BCUT2D eigenvalue weighted by molar-refractivity contribution is -0.127. The van der Waals surface area contributed by atoms with E-state index in [2.05, 4.69) is 21.2 Å². The maximum absolute atomic E-state index is 12.2. The average Bonchev–Trinajstić information content (AvgIpc) is 2.38. The van der Waals surface area contributed by atoms with E-state index in [0.29, 0.717) is 12.8 Å². The third-order valence-electron chi connectivity index (χ3n) is 3.43. The molecule has 0 saturated heterocycles. The SMILES string of the molecule is CCC(N)(CC)C(=O)N[C@H](C)c1ccccc1Br. The summed E-state index contributed by atoms with van der Waals surface area (Å²) in [6.07, 6.45) is 1.27. The molecule has 1 atom stereocenters. The van der Waals surface area contributed by atoms with Gasteiger partial charge in [0, 0.05) is 4.47 Å². The zero-order chi connectivity index (χ0) is 13.8. The number of carbonyl (C=O) groups is 1. The van der Waals surface area contributed by atoms with Crippen molar-refractivity contribution < 1.29 is 4.79 Å². The number of hydrogen-bond donors (Lipinski definition) is 2. The summed E-state index contributed by atoms with van der Waals surface area (Å²) in [7, 11) is 0. The molecule has 1 amide bonds. The molecule has 0 aliphatic heterocycles. The molecule has 0 aliphatic carbocycles. The van der Waals surface area contributed by atoms with Gasteiger partial charge < -0.3 is 11.1 Å². The smallest absolute Gasteiger partial charge is 0.240 e. The number of nitrogens with two attached hydrogens (primary N) is 1. The first-order chi connectivity index (χ1) is 8.44. The van der Waals surface area contributed by atoms with Crippen LogP contribution in [0.4, 0.5) is 0 Å². The van der Waals surface area contributed by atoms with Crippen molar-refractivity contribution in [2.45, 2.75) is 45.2 Å². The fourth-order valence-corrected chi connectivity index (χ4v) is 2.44. The average molecular weight is 313 g/mol. The van der Waals surface area contributed by atoms with Gasteiger partial charge in [0.05, 0.1) is 11.6 Å². The normalized spacial score (nSPS) is 13.2. The van der Waals surface area contributed by atoms with Crippen LogP contribution in [-0.4, -0.2) is 11.4 Å². The first-order valence-electron chi connectivity index (χ1n) is 6.29. The van der Waals surface area contributed by atoms with E-state index in [-0.39, 0.29) is 11.9 Å². The van der Waals surface area contributed by atoms with Gasteiger partial charge >= 0.3 is 0 Å². The summed E-state index contributed by atoms with van der Waals surface area (Å²) in [4.78, 5) is 12.2. The highest BCUT2D eigenvalue weighted by atomic mass is 79.9. The molecule has 0 bridgehead atoms. The maximum atomic E-state index is 12.2. The van der Waals surface area contributed by atoms with Crippen LogP contribution >= 0.6 is 15.9 Å². The van der Waals surface area contributed by atoms with Crippen LogP contribution in [0.25, 0.3) is 0 Å². The molecule has 0 unspecified atom stereocenters. The summed E-state index contributed by atoms with van der Waals surface area (Å²) in [6, 6.07) is 7.80. The summed E-state index contributed by atoms with van der Waals surface area (Å²) in [5, 5.41) is 2.99. The largest absolute Gasteiger partial charge is 0.348 e. The number of benzene rings is 1. The fourth-order valence-electron chi connectivity index (χ4n) is 1.82. The van der Waals surface area contributed by atoms with Crippen LogP contribution in [0.2, 0.25) is 0 Å². The van der Waals surface area contributed by atoms with Gasteiger partial charge in [0.15, 0.2) is 0 Å². The molecule has 1 aromatic carbocycles. The van der Waals surface area contributed by atoms with Gasteiger partial charge in [0.1, 0.15) is 0 Å². The summed E-state index contributed by atoms with van der Waals surface area (Å²) >= 11 is 3.49. The molecule has 0 aromatic heterocycles. The topological polar surface area (TPSA) is 55.1 Å². The molecule has 1 rings (SSSR count). The summed E-state index contributed by atoms with van der Waals surface area (Å²) in [5.74, 6) is -0.0873. The molecule has 1 aromatic rings. The van der Waals surface area contributed by atoms with E-state index in [0.717, 1.165) is 10.0 Å². The molecular formula is C14H21BrN2O. The molecule has 0 heterocycles. The molecule has 3 nitrogen and oxygen atoms in total. The predicted molar refractivity (Wildman–Crippen MR) is 78.2 cm³/mol. The number of rotatable bonds is 5. The van der Waals surface area contributed by atoms with Crippen molar-refractivity contribution in [2.75, 3.05) is 0 Å². The Morgan fingerprint density at radius 2 is 1.94 bits per heavy atom. The zero-order valence-corrected chi connectivity index (χ0v) is 12.8. The lowest BCUT2D eigenvalue weighted by atomic mass is 9.92. The number of carbonyl (C=O) groups excluding carboxylic acids is 1. The number of amides is 1. The van der Waals surface area contributed by atoms with Crippen LogP contribution in [0.3, 0.4) is 0 Å². The van der Waals surface area contributed by atoms with Gasteiger partial charge in [0.2, 0.25) is 5.91 Å². The van der Waals surface area contributed by atoms with E-state index in [1.54, 1.807) is 0 Å². The molecule has 18 heavy (non-hydrogen) atoms. The van der Waals surface area contributed by atoms with Crippen molar-refractivity contribution in [3.05, 3.63) is 34.3 Å². The van der Waals surface area contributed by atoms with Crippen molar-refractivity contribution >= 4 is 21.8 Å². The third-order valence-corrected chi connectivity index (χ3v) is 4.16. The van der Waals surface area contributed by atoms with Crippen LogP contribution in [0.5, 0.6) is 0 Å². The van der Waals surface area contributed by atoms with Crippen LogP contribution in [0.1, 0.15) is 45.2 Å². The molecule has 0 spiro atoms. The standard InChI is InChI=1S/C14H21BrN2O/c1-4-14(16,5-2)13(18)17-10(3)11-8-6-7-9-12(11)15/h6-10H,4-5,16H2,1-3H3,(H,17,18)/t10-/m1/s1. The van der Waals surface area contributed by atoms with Gasteiger partial charge in [-0.3, -0.25) is 4.79 Å². The Morgan fingerprint density at radius 1 is 1.39 bits per heavy atom. The Morgan fingerprint density at radius 3 is 2.44 bits per heavy atom. The van der Waals surface area contributed by atoms with Crippen LogP contribution in [0.15, 0.2) is 28.7 Å². The molecule has 0 aliphatic rings. The quantitative estimate of drug-likeness (QED) is 0.877. The first kappa shape index (κ1) is 15.2. The van der Waals surface area contributed by atoms with Crippen LogP contribution in [0, 0.1) is 0 Å². The zero-order valence-electron chi connectivity index (χ0n) is 11.2. The van der Waals surface area contributed by atoms with Gasteiger partial charge in [-0.1, -0.05) is 48.0 Å². The fraction of sp³-hybridized carbons (Fsp3) is 0.500. The number of halogens is 1. The van der Waals surface area contributed by atoms with Crippen LogP contribution < -0.4 is 11.1 Å². The van der Waals surface area contributed by atoms with Gasteiger partial charge in [-0.2, -0.15) is 0 Å². The Hall–Kier alpha value is -0.870. The Balaban J connectivity index is 2.80. The molecule has 3 N–H and O–H groups in total. The van der Waals surface area contributed by atoms with E-state index in [1.165, 1.54) is 0 Å². The van der Waals surface area contributed by atoms with Gasteiger partial charge in [-0.25, -0.2) is 0 Å². The minimum atomic E-state index is -0.768. The molecular weight excluding hydrogens is 292 g/mol. The van der Waals surface area contributed by atoms with E-state index < -0.39 is 5.54 Å².